The highest BCUT2D eigenvalue weighted by atomic mass is 79.9. The molecule has 0 aliphatic carbocycles. The Bertz CT molecular complexity index is 1330. The van der Waals surface area contributed by atoms with Crippen molar-refractivity contribution in [1.29, 1.82) is 0 Å². The van der Waals surface area contributed by atoms with Gasteiger partial charge in [0.25, 0.3) is 17.7 Å². The van der Waals surface area contributed by atoms with E-state index in [9.17, 15) is 19.2 Å². The average molecular weight is 734 g/mol. The van der Waals surface area contributed by atoms with E-state index in [0.717, 1.165) is 5.01 Å². The number of fused-ring (bicyclic) bond motifs is 1. The third-order valence-electron chi connectivity index (χ3n) is 5.05. The van der Waals surface area contributed by atoms with Crippen LogP contribution in [0, 0.1) is 0 Å². The van der Waals surface area contributed by atoms with Crippen molar-refractivity contribution in [1.82, 2.24) is 10.0 Å². The minimum Gasteiger partial charge on any atom is -0.292 e. The van der Waals surface area contributed by atoms with Crippen LogP contribution in [0.1, 0.15) is 41.4 Å². The van der Waals surface area contributed by atoms with Crippen LogP contribution in [-0.2, 0) is 0 Å². The number of amides is 3. The van der Waals surface area contributed by atoms with Crippen molar-refractivity contribution in [2.75, 3.05) is 6.54 Å². The third kappa shape index (κ3) is 4.30. The van der Waals surface area contributed by atoms with Crippen LogP contribution in [0.5, 0.6) is 0 Å². The Morgan fingerprint density at radius 2 is 1.26 bits per heavy atom. The summed E-state index contributed by atoms with van der Waals surface area (Å²) in [7, 11) is 0. The van der Waals surface area contributed by atoms with Crippen molar-refractivity contribution < 1.29 is 19.2 Å². The minimum absolute atomic E-state index is 0.0436. The number of rotatable bonds is 5. The molecule has 0 N–H and O–H groups in total. The molecule has 0 atom stereocenters. The number of hydrogen-bond acceptors (Lipinski definition) is 4. The molecule has 3 aromatic rings. The molecule has 11 heteroatoms. The maximum absolute atomic E-state index is 13.6. The Labute approximate surface area is 232 Å². The minimum atomic E-state index is -0.769. The molecular formula is C23H11Br4ClN2O4. The van der Waals surface area contributed by atoms with Gasteiger partial charge in [0, 0.05) is 23.5 Å². The van der Waals surface area contributed by atoms with Crippen molar-refractivity contribution in [3.8, 4) is 0 Å². The summed E-state index contributed by atoms with van der Waals surface area (Å²) in [6, 6.07) is 14.5. The van der Waals surface area contributed by atoms with Crippen molar-refractivity contribution in [3.05, 3.63) is 99.8 Å². The first-order valence-electron chi connectivity index (χ1n) is 9.54. The van der Waals surface area contributed by atoms with Crippen molar-refractivity contribution in [2.24, 2.45) is 0 Å². The molecule has 0 unspecified atom stereocenters. The summed E-state index contributed by atoms with van der Waals surface area (Å²) < 4.78 is 1.67. The quantitative estimate of drug-likeness (QED) is 0.124. The van der Waals surface area contributed by atoms with Gasteiger partial charge in [0.2, 0.25) is 0 Å². The zero-order valence-electron chi connectivity index (χ0n) is 16.8. The van der Waals surface area contributed by atoms with Crippen molar-refractivity contribution in [2.45, 2.75) is 0 Å². The standard InChI is InChI=1S/C23H11Br4ClN2O4/c24-17-15-16(18(25)20(27)19(17)26)23(34)30(22(15)33)29(10-14(31)11-6-2-1-3-7-11)21(32)12-8-4-5-9-13(12)28/h1-9H,10H2. The number of carbonyl (C=O) groups is 4. The Hall–Kier alpha value is -1.85. The van der Waals surface area contributed by atoms with Gasteiger partial charge in [0.1, 0.15) is 6.54 Å². The maximum atomic E-state index is 13.6. The summed E-state index contributed by atoms with van der Waals surface area (Å²) in [6.45, 7) is -0.558. The fourth-order valence-electron chi connectivity index (χ4n) is 3.42. The Morgan fingerprint density at radius 1 is 0.765 bits per heavy atom. The fraction of sp³-hybridized carbons (Fsp3) is 0.0435. The summed E-state index contributed by atoms with van der Waals surface area (Å²) in [5, 5.41) is 1.64. The van der Waals surface area contributed by atoms with Crippen molar-refractivity contribution in [3.63, 3.8) is 0 Å². The van der Waals surface area contributed by atoms with Crippen molar-refractivity contribution >= 4 is 98.8 Å². The highest BCUT2D eigenvalue weighted by molar-refractivity contribution is 9.15. The fourth-order valence-corrected chi connectivity index (χ4v) is 6.09. The summed E-state index contributed by atoms with van der Waals surface area (Å²) >= 11 is 19.7. The van der Waals surface area contributed by atoms with Gasteiger partial charge in [-0.3, -0.25) is 19.2 Å². The first-order valence-corrected chi connectivity index (χ1v) is 13.1. The van der Waals surface area contributed by atoms with Gasteiger partial charge in [-0.15, -0.1) is 0 Å². The average Bonchev–Trinajstić information content (AvgIpc) is 3.10. The first-order chi connectivity index (χ1) is 16.1. The van der Waals surface area contributed by atoms with Crippen LogP contribution >= 0.6 is 75.3 Å². The SMILES string of the molecule is O=C(CN(C(=O)c1ccccc1Cl)N1C(=O)c2c(Br)c(Br)c(Br)c(Br)c2C1=O)c1ccccc1. The number of halogens is 5. The highest BCUT2D eigenvalue weighted by Crippen LogP contribution is 2.45. The lowest BCUT2D eigenvalue weighted by molar-refractivity contribution is 0.00527. The zero-order chi connectivity index (χ0) is 24.7. The van der Waals surface area contributed by atoms with Gasteiger partial charge in [0.15, 0.2) is 5.78 Å². The molecule has 1 heterocycles. The predicted molar refractivity (Wildman–Crippen MR) is 141 cm³/mol. The number of ketones is 1. The number of imide groups is 1. The van der Waals surface area contributed by atoms with Crippen LogP contribution in [0.4, 0.5) is 0 Å². The lowest BCUT2D eigenvalue weighted by atomic mass is 10.1. The number of nitrogens with zero attached hydrogens (tertiary/aromatic N) is 2. The zero-order valence-corrected chi connectivity index (χ0v) is 23.9. The summed E-state index contributed by atoms with van der Waals surface area (Å²) in [5.74, 6) is -2.75. The van der Waals surface area contributed by atoms with Gasteiger partial charge in [-0.2, -0.15) is 5.01 Å². The molecule has 0 saturated heterocycles. The van der Waals surface area contributed by atoms with Gasteiger partial charge in [-0.25, -0.2) is 5.01 Å². The predicted octanol–water partition coefficient (Wildman–Crippen LogP) is 6.93. The molecule has 0 fully saturated rings. The van der Waals surface area contributed by atoms with E-state index in [-0.39, 0.29) is 21.7 Å². The summed E-state index contributed by atoms with van der Waals surface area (Å²) in [6.07, 6.45) is 0. The lowest BCUT2D eigenvalue weighted by Gasteiger charge is -2.29. The molecule has 0 bridgehead atoms. The van der Waals surface area contributed by atoms with Crippen LogP contribution in [0.25, 0.3) is 0 Å². The normalized spacial score (nSPS) is 12.7. The van der Waals surface area contributed by atoms with Crippen LogP contribution in [-0.4, -0.2) is 40.1 Å². The molecule has 0 spiro atoms. The molecule has 34 heavy (non-hydrogen) atoms. The van der Waals surface area contributed by atoms with E-state index in [2.05, 4.69) is 63.7 Å². The molecular weight excluding hydrogens is 723 g/mol. The molecule has 0 aromatic heterocycles. The lowest BCUT2D eigenvalue weighted by Crippen LogP contribution is -2.51. The number of Topliss-reactive ketones (excluding diaryl/α,β-unsaturated/α-hetero) is 1. The van der Waals surface area contributed by atoms with Gasteiger partial charge in [-0.05, 0) is 75.9 Å². The van der Waals surface area contributed by atoms with Gasteiger partial charge in [-0.1, -0.05) is 54.1 Å². The smallest absolute Gasteiger partial charge is 0.282 e. The third-order valence-corrected chi connectivity index (χ3v) is 10.1. The molecule has 172 valence electrons. The molecule has 4 rings (SSSR count). The van der Waals surface area contributed by atoms with E-state index in [1.807, 2.05) is 0 Å². The van der Waals surface area contributed by atoms with Crippen LogP contribution in [0.15, 0.2) is 72.5 Å². The molecule has 3 amide bonds. The van der Waals surface area contributed by atoms with Gasteiger partial charge >= 0.3 is 0 Å². The second-order valence-electron chi connectivity index (χ2n) is 7.06. The molecule has 0 saturated carbocycles. The van der Waals surface area contributed by atoms with E-state index in [0.29, 0.717) is 28.5 Å². The van der Waals surface area contributed by atoms with E-state index in [1.165, 1.54) is 12.1 Å². The van der Waals surface area contributed by atoms with Crippen LogP contribution < -0.4 is 0 Å². The molecule has 3 aromatic carbocycles. The largest absolute Gasteiger partial charge is 0.292 e. The number of hydrogen-bond donors (Lipinski definition) is 0. The topological polar surface area (TPSA) is 74.8 Å². The highest BCUT2D eigenvalue weighted by Gasteiger charge is 2.46. The molecule has 0 radical (unpaired) electrons. The molecule has 1 aliphatic heterocycles. The Balaban J connectivity index is 1.84. The first kappa shape index (κ1) is 25.2. The maximum Gasteiger partial charge on any atom is 0.282 e. The summed E-state index contributed by atoms with van der Waals surface area (Å²) in [4.78, 5) is 53.6. The summed E-state index contributed by atoms with van der Waals surface area (Å²) in [5.41, 5.74) is 0.470. The van der Waals surface area contributed by atoms with Crippen LogP contribution in [0.2, 0.25) is 5.02 Å². The van der Waals surface area contributed by atoms with Gasteiger partial charge in [0.05, 0.1) is 21.7 Å². The molecule has 1 aliphatic rings. The Kier molecular flexibility index (Phi) is 7.44. The number of hydrazine groups is 1. The van der Waals surface area contributed by atoms with E-state index >= 15 is 0 Å². The number of benzene rings is 3. The molecule has 6 nitrogen and oxygen atoms in total. The van der Waals surface area contributed by atoms with E-state index < -0.39 is 30.0 Å². The van der Waals surface area contributed by atoms with E-state index in [4.69, 9.17) is 11.6 Å². The second kappa shape index (κ2) is 10.0. The van der Waals surface area contributed by atoms with E-state index in [1.54, 1.807) is 42.5 Å². The van der Waals surface area contributed by atoms with Gasteiger partial charge < -0.3 is 0 Å². The van der Waals surface area contributed by atoms with Crippen LogP contribution in [0.3, 0.4) is 0 Å². The monoisotopic (exact) mass is 730 g/mol. The Morgan fingerprint density at radius 3 is 1.79 bits per heavy atom. The number of carbonyl (C=O) groups excluding carboxylic acids is 4. The second-order valence-corrected chi connectivity index (χ2v) is 10.6.